The Labute approximate surface area is 184 Å². The molecule has 0 radical (unpaired) electrons. The predicted octanol–water partition coefficient (Wildman–Crippen LogP) is 4.12. The first-order valence-corrected chi connectivity index (χ1v) is 13.4. The zero-order valence-electron chi connectivity index (χ0n) is 16.4. The smallest absolute Gasteiger partial charge is 0.252 e. The van der Waals surface area contributed by atoms with Crippen LogP contribution in [0.3, 0.4) is 0 Å². The van der Waals surface area contributed by atoms with E-state index in [1.807, 2.05) is 23.1 Å². The van der Waals surface area contributed by atoms with Crippen LogP contribution >= 0.6 is 22.7 Å². The van der Waals surface area contributed by atoms with Crippen molar-refractivity contribution < 1.29 is 13.2 Å². The average molecular weight is 462 g/mol. The average Bonchev–Trinajstić information content (AvgIpc) is 3.53. The van der Waals surface area contributed by atoms with Gasteiger partial charge in [0.05, 0.1) is 22.2 Å². The number of carbonyl (C=O) groups excluding carboxylic acids is 1. The number of fused-ring (bicyclic) bond motifs is 1. The van der Waals surface area contributed by atoms with Crippen molar-refractivity contribution in [1.82, 2.24) is 14.2 Å². The Balaban J connectivity index is 1.35. The second kappa shape index (κ2) is 8.03. The van der Waals surface area contributed by atoms with Crippen LogP contribution in [0.25, 0.3) is 10.2 Å². The maximum Gasteiger partial charge on any atom is 0.252 e. The number of sulfonamides is 1. The van der Waals surface area contributed by atoms with Crippen LogP contribution in [-0.2, 0) is 14.8 Å². The number of thiazole rings is 1. The van der Waals surface area contributed by atoms with Gasteiger partial charge >= 0.3 is 0 Å². The number of carbonyl (C=O) groups is 1. The van der Waals surface area contributed by atoms with Gasteiger partial charge in [0.2, 0.25) is 5.91 Å². The Morgan fingerprint density at radius 3 is 2.70 bits per heavy atom. The molecule has 30 heavy (non-hydrogen) atoms. The van der Waals surface area contributed by atoms with E-state index in [1.165, 1.54) is 15.6 Å². The number of hydrogen-bond donors (Lipinski definition) is 0. The lowest BCUT2D eigenvalue weighted by molar-refractivity contribution is -0.137. The fourth-order valence-electron chi connectivity index (χ4n) is 4.45. The number of amides is 1. The summed E-state index contributed by atoms with van der Waals surface area (Å²) in [7, 11) is -3.52. The SMILES string of the molecule is O=C([C@H]1CCCN(S(=O)(=O)c2cccs2)C1)N1CCC[C@H]1c1nc2ccccc2s1. The minimum absolute atomic E-state index is 0.000760. The molecule has 158 valence electrons. The molecule has 3 aromatic rings. The molecule has 2 aliphatic heterocycles. The van der Waals surface area contributed by atoms with E-state index >= 15 is 0 Å². The molecule has 4 heterocycles. The van der Waals surface area contributed by atoms with Gasteiger partial charge in [-0.25, -0.2) is 13.4 Å². The zero-order valence-corrected chi connectivity index (χ0v) is 18.9. The number of benzene rings is 1. The second-order valence-electron chi connectivity index (χ2n) is 7.84. The molecule has 6 nitrogen and oxygen atoms in total. The van der Waals surface area contributed by atoms with Crippen molar-refractivity contribution in [2.45, 2.75) is 35.9 Å². The first-order valence-electron chi connectivity index (χ1n) is 10.2. The fourth-order valence-corrected chi connectivity index (χ4v) is 8.24. The maximum atomic E-state index is 13.4. The summed E-state index contributed by atoms with van der Waals surface area (Å²) in [6, 6.07) is 11.4. The van der Waals surface area contributed by atoms with Crippen LogP contribution in [0.2, 0.25) is 0 Å². The molecule has 0 N–H and O–H groups in total. The summed E-state index contributed by atoms with van der Waals surface area (Å²) >= 11 is 2.88. The molecular weight excluding hydrogens is 438 g/mol. The molecule has 0 bridgehead atoms. The summed E-state index contributed by atoms with van der Waals surface area (Å²) < 4.78 is 28.8. The number of rotatable bonds is 4. The highest BCUT2D eigenvalue weighted by atomic mass is 32.2. The van der Waals surface area contributed by atoms with Crippen LogP contribution in [0.4, 0.5) is 0 Å². The molecule has 0 spiro atoms. The molecule has 2 aliphatic rings. The van der Waals surface area contributed by atoms with E-state index in [-0.39, 0.29) is 24.4 Å². The van der Waals surface area contributed by atoms with E-state index in [2.05, 4.69) is 6.07 Å². The van der Waals surface area contributed by atoms with Crippen molar-refractivity contribution in [1.29, 1.82) is 0 Å². The lowest BCUT2D eigenvalue weighted by Gasteiger charge is -2.34. The van der Waals surface area contributed by atoms with Gasteiger partial charge in [-0.15, -0.1) is 22.7 Å². The van der Waals surface area contributed by atoms with Crippen molar-refractivity contribution in [3.63, 3.8) is 0 Å². The largest absolute Gasteiger partial charge is 0.333 e. The lowest BCUT2D eigenvalue weighted by Crippen LogP contribution is -2.46. The number of piperidine rings is 1. The van der Waals surface area contributed by atoms with E-state index in [1.54, 1.807) is 28.8 Å². The number of aromatic nitrogens is 1. The summed E-state index contributed by atoms with van der Waals surface area (Å²) in [5.41, 5.74) is 0.975. The van der Waals surface area contributed by atoms with Crippen LogP contribution in [0.15, 0.2) is 46.0 Å². The quantitative estimate of drug-likeness (QED) is 0.586. The summed E-state index contributed by atoms with van der Waals surface area (Å²) in [5, 5.41) is 2.76. The van der Waals surface area contributed by atoms with Crippen LogP contribution in [0.5, 0.6) is 0 Å². The van der Waals surface area contributed by atoms with Gasteiger partial charge in [-0.3, -0.25) is 4.79 Å². The molecule has 5 rings (SSSR count). The van der Waals surface area contributed by atoms with Gasteiger partial charge < -0.3 is 4.90 Å². The number of likely N-dealkylation sites (tertiary alicyclic amines) is 1. The molecule has 0 aliphatic carbocycles. The predicted molar refractivity (Wildman–Crippen MR) is 119 cm³/mol. The molecule has 9 heteroatoms. The molecule has 0 saturated carbocycles. The van der Waals surface area contributed by atoms with E-state index in [0.717, 1.165) is 34.5 Å². The molecule has 0 unspecified atom stereocenters. The lowest BCUT2D eigenvalue weighted by atomic mass is 9.97. The Morgan fingerprint density at radius 2 is 1.90 bits per heavy atom. The van der Waals surface area contributed by atoms with Gasteiger partial charge in [0.15, 0.2) is 0 Å². The number of para-hydroxylation sites is 1. The summed E-state index contributed by atoms with van der Waals surface area (Å²) in [6.07, 6.45) is 3.31. The maximum absolute atomic E-state index is 13.4. The topological polar surface area (TPSA) is 70.6 Å². The fraction of sp³-hybridized carbons (Fsp3) is 0.429. The third-order valence-electron chi connectivity index (χ3n) is 5.95. The minimum atomic E-state index is -3.52. The van der Waals surface area contributed by atoms with Crippen LogP contribution in [-0.4, -0.2) is 48.1 Å². The van der Waals surface area contributed by atoms with E-state index in [0.29, 0.717) is 23.7 Å². The Bertz CT molecular complexity index is 1120. The van der Waals surface area contributed by atoms with Crippen molar-refractivity contribution in [2.75, 3.05) is 19.6 Å². The first-order chi connectivity index (χ1) is 14.5. The Hall–Kier alpha value is -1.81. The van der Waals surface area contributed by atoms with Crippen LogP contribution in [0.1, 0.15) is 36.7 Å². The molecule has 2 aromatic heterocycles. The molecule has 2 saturated heterocycles. The van der Waals surface area contributed by atoms with Crippen molar-refractivity contribution in [3.8, 4) is 0 Å². The molecule has 2 fully saturated rings. The monoisotopic (exact) mass is 461 g/mol. The highest BCUT2D eigenvalue weighted by Gasteiger charge is 2.39. The standard InChI is InChI=1S/C21H23N3O3S3/c25-21(15-6-3-11-23(14-15)30(26,27)19-10-5-13-28-19)24-12-4-8-17(24)20-22-16-7-1-2-9-18(16)29-20/h1-2,5,7,9-10,13,15,17H,3-4,6,8,11-12,14H2/t15-,17-/m0/s1. The van der Waals surface area contributed by atoms with Gasteiger partial charge in [0.1, 0.15) is 9.22 Å². The molecule has 1 aromatic carbocycles. The van der Waals surface area contributed by atoms with Gasteiger partial charge in [-0.05, 0) is 49.3 Å². The third-order valence-corrected chi connectivity index (χ3v) is 10.3. The number of thiophene rings is 1. The second-order valence-corrected chi connectivity index (χ2v) is 12.0. The minimum Gasteiger partial charge on any atom is -0.333 e. The molecule has 2 atom stereocenters. The van der Waals surface area contributed by atoms with E-state index in [4.69, 9.17) is 4.98 Å². The molecular formula is C21H23N3O3S3. The zero-order chi connectivity index (χ0) is 20.7. The van der Waals surface area contributed by atoms with Gasteiger partial charge in [-0.1, -0.05) is 18.2 Å². The third kappa shape index (κ3) is 3.57. The number of hydrogen-bond acceptors (Lipinski definition) is 6. The van der Waals surface area contributed by atoms with Crippen molar-refractivity contribution >= 4 is 48.8 Å². The van der Waals surface area contributed by atoms with Gasteiger partial charge in [-0.2, -0.15) is 4.31 Å². The van der Waals surface area contributed by atoms with Crippen LogP contribution in [0, 0.1) is 5.92 Å². The normalized spacial score (nSPS) is 23.3. The van der Waals surface area contributed by atoms with Crippen molar-refractivity contribution in [3.05, 3.63) is 46.8 Å². The highest BCUT2D eigenvalue weighted by Crippen LogP contribution is 2.38. The van der Waals surface area contributed by atoms with Crippen molar-refractivity contribution in [2.24, 2.45) is 5.92 Å². The Kier molecular flexibility index (Phi) is 5.38. The summed E-state index contributed by atoms with van der Waals surface area (Å²) in [5.74, 6) is -0.216. The first kappa shape index (κ1) is 20.1. The van der Waals surface area contributed by atoms with E-state index < -0.39 is 10.0 Å². The van der Waals surface area contributed by atoms with Gasteiger partial charge in [0, 0.05) is 19.6 Å². The van der Waals surface area contributed by atoms with Gasteiger partial charge in [0.25, 0.3) is 10.0 Å². The summed E-state index contributed by atoms with van der Waals surface area (Å²) in [6.45, 7) is 1.46. The highest BCUT2D eigenvalue weighted by molar-refractivity contribution is 7.91. The van der Waals surface area contributed by atoms with E-state index in [9.17, 15) is 13.2 Å². The number of nitrogens with zero attached hydrogens (tertiary/aromatic N) is 3. The summed E-state index contributed by atoms with van der Waals surface area (Å²) in [4.78, 5) is 20.2. The van der Waals surface area contributed by atoms with Crippen LogP contribution < -0.4 is 0 Å². The molecule has 1 amide bonds. The Morgan fingerprint density at radius 1 is 1.07 bits per heavy atom.